The number of hydrogen-bond donors (Lipinski definition) is 1. The van der Waals surface area contributed by atoms with E-state index in [9.17, 15) is 9.59 Å². The van der Waals surface area contributed by atoms with Gasteiger partial charge in [0.2, 0.25) is 0 Å². The van der Waals surface area contributed by atoms with Gasteiger partial charge in [-0.15, -0.1) is 11.7 Å². The van der Waals surface area contributed by atoms with Crippen LogP contribution in [0.2, 0.25) is 0 Å². The highest BCUT2D eigenvalue weighted by atomic mass is 16.4. The van der Waals surface area contributed by atoms with Gasteiger partial charge >= 0.3 is 12.0 Å². The van der Waals surface area contributed by atoms with Gasteiger partial charge in [-0.1, -0.05) is 11.3 Å². The molecule has 1 saturated heterocycles. The smallest absolute Gasteiger partial charge is 0.358 e. The highest BCUT2D eigenvalue weighted by Crippen LogP contribution is 2.21. The predicted octanol–water partition coefficient (Wildman–Crippen LogP) is 0.0708. The van der Waals surface area contributed by atoms with E-state index in [0.717, 1.165) is 0 Å². The summed E-state index contributed by atoms with van der Waals surface area (Å²) in [7, 11) is 1.70. The summed E-state index contributed by atoms with van der Waals surface area (Å²) in [5, 5.41) is 16.0. The third kappa shape index (κ3) is 2.56. The number of likely N-dealkylation sites (tertiary alicyclic amines) is 1. The molecule has 1 fully saturated rings. The molecular formula is C11H15N5O3. The largest absolute Gasteiger partial charge is 0.476 e. The van der Waals surface area contributed by atoms with Gasteiger partial charge in [0.05, 0.1) is 12.2 Å². The second-order valence-electron chi connectivity index (χ2n) is 4.40. The van der Waals surface area contributed by atoms with E-state index in [1.54, 1.807) is 22.9 Å². The van der Waals surface area contributed by atoms with Crippen molar-refractivity contribution >= 4 is 12.0 Å². The quantitative estimate of drug-likeness (QED) is 0.778. The van der Waals surface area contributed by atoms with Crippen LogP contribution in [0.1, 0.15) is 16.5 Å². The van der Waals surface area contributed by atoms with Gasteiger partial charge in [0.25, 0.3) is 0 Å². The van der Waals surface area contributed by atoms with Crippen molar-refractivity contribution < 1.29 is 14.7 Å². The van der Waals surface area contributed by atoms with Crippen molar-refractivity contribution in [1.29, 1.82) is 0 Å². The number of rotatable bonds is 4. The van der Waals surface area contributed by atoms with Crippen LogP contribution in [0, 0.1) is 0 Å². The Kier molecular flexibility index (Phi) is 3.50. The SMILES string of the molecule is C=CCN(C)C(=O)N1CC(n2cc(C(=O)O)nn2)C1. The number of urea groups is 1. The molecule has 1 N–H and O–H groups in total. The molecule has 0 unspecified atom stereocenters. The molecule has 2 rings (SSSR count). The molecule has 0 radical (unpaired) electrons. The van der Waals surface area contributed by atoms with E-state index < -0.39 is 5.97 Å². The van der Waals surface area contributed by atoms with Gasteiger partial charge in [0.15, 0.2) is 5.69 Å². The lowest BCUT2D eigenvalue weighted by Gasteiger charge is -2.40. The summed E-state index contributed by atoms with van der Waals surface area (Å²) in [4.78, 5) is 25.8. The Morgan fingerprint density at radius 3 is 2.84 bits per heavy atom. The summed E-state index contributed by atoms with van der Waals surface area (Å²) in [5.74, 6) is -1.11. The van der Waals surface area contributed by atoms with E-state index in [1.807, 2.05) is 0 Å². The van der Waals surface area contributed by atoms with Crippen LogP contribution in [-0.4, -0.2) is 68.6 Å². The first-order valence-corrected chi connectivity index (χ1v) is 5.79. The summed E-state index contributed by atoms with van der Waals surface area (Å²) < 4.78 is 1.49. The number of carbonyl (C=O) groups is 2. The van der Waals surface area contributed by atoms with Crippen molar-refractivity contribution in [1.82, 2.24) is 24.8 Å². The van der Waals surface area contributed by atoms with Crippen molar-refractivity contribution in [2.45, 2.75) is 6.04 Å². The van der Waals surface area contributed by atoms with Gasteiger partial charge in [0.1, 0.15) is 0 Å². The lowest BCUT2D eigenvalue weighted by Crippen LogP contribution is -2.54. The van der Waals surface area contributed by atoms with Crippen molar-refractivity contribution in [2.24, 2.45) is 0 Å². The molecule has 1 aromatic rings. The Morgan fingerprint density at radius 2 is 2.32 bits per heavy atom. The fourth-order valence-corrected chi connectivity index (χ4v) is 1.85. The lowest BCUT2D eigenvalue weighted by molar-refractivity contribution is 0.0689. The number of carboxylic acid groups (broad SMARTS) is 1. The normalized spacial score (nSPS) is 14.9. The molecule has 0 bridgehead atoms. The van der Waals surface area contributed by atoms with Crippen LogP contribution in [0.25, 0.3) is 0 Å². The zero-order valence-corrected chi connectivity index (χ0v) is 10.6. The summed E-state index contributed by atoms with van der Waals surface area (Å²) >= 11 is 0. The van der Waals surface area contributed by atoms with Crippen LogP contribution >= 0.6 is 0 Å². The molecule has 1 aromatic heterocycles. The van der Waals surface area contributed by atoms with Crippen LogP contribution in [0.3, 0.4) is 0 Å². The minimum absolute atomic E-state index is 0.0123. The second-order valence-corrected chi connectivity index (χ2v) is 4.40. The fraction of sp³-hybridized carbons (Fsp3) is 0.455. The molecule has 2 amide bonds. The van der Waals surface area contributed by atoms with Crippen LogP contribution in [-0.2, 0) is 0 Å². The average molecular weight is 265 g/mol. The molecule has 0 aliphatic carbocycles. The minimum Gasteiger partial charge on any atom is -0.476 e. The Morgan fingerprint density at radius 1 is 1.63 bits per heavy atom. The van der Waals surface area contributed by atoms with E-state index in [-0.39, 0.29) is 17.8 Å². The number of hydrogen-bond acceptors (Lipinski definition) is 4. The van der Waals surface area contributed by atoms with E-state index >= 15 is 0 Å². The topological polar surface area (TPSA) is 91.6 Å². The molecule has 0 atom stereocenters. The fourth-order valence-electron chi connectivity index (χ4n) is 1.85. The standard InChI is InChI=1S/C11H15N5O3/c1-3-4-14(2)11(19)15-5-8(6-15)16-7-9(10(17)18)12-13-16/h3,7-8H,1,4-6H2,2H3,(H,17,18). The third-order valence-electron chi connectivity index (χ3n) is 2.97. The molecular weight excluding hydrogens is 250 g/mol. The average Bonchev–Trinajstić information content (AvgIpc) is 2.76. The summed E-state index contributed by atoms with van der Waals surface area (Å²) in [6.07, 6.45) is 3.04. The maximum Gasteiger partial charge on any atom is 0.358 e. The van der Waals surface area contributed by atoms with Crippen molar-refractivity contribution in [2.75, 3.05) is 26.7 Å². The number of aromatic nitrogens is 3. The van der Waals surface area contributed by atoms with Crippen molar-refractivity contribution in [3.8, 4) is 0 Å². The second kappa shape index (κ2) is 5.09. The maximum absolute atomic E-state index is 11.9. The van der Waals surface area contributed by atoms with Crippen LogP contribution in [0.15, 0.2) is 18.9 Å². The molecule has 0 spiro atoms. The monoisotopic (exact) mass is 265 g/mol. The molecule has 102 valence electrons. The third-order valence-corrected chi connectivity index (χ3v) is 2.97. The highest BCUT2D eigenvalue weighted by molar-refractivity contribution is 5.84. The molecule has 2 heterocycles. The first-order chi connectivity index (χ1) is 9.02. The minimum atomic E-state index is -1.11. The zero-order valence-electron chi connectivity index (χ0n) is 10.6. The van der Waals surface area contributed by atoms with Crippen LogP contribution in [0.5, 0.6) is 0 Å². The van der Waals surface area contributed by atoms with E-state index in [0.29, 0.717) is 19.6 Å². The Bertz CT molecular complexity index is 506. The molecule has 1 aliphatic heterocycles. The Labute approximate surface area is 109 Å². The zero-order chi connectivity index (χ0) is 14.0. The Balaban J connectivity index is 1.90. The number of aromatic carboxylic acids is 1. The molecule has 0 aromatic carbocycles. The first kappa shape index (κ1) is 13.1. The lowest BCUT2D eigenvalue weighted by atomic mass is 10.1. The Hall–Kier alpha value is -2.38. The number of carboxylic acids is 1. The van der Waals surface area contributed by atoms with E-state index in [2.05, 4.69) is 16.9 Å². The van der Waals surface area contributed by atoms with Gasteiger partial charge in [-0.25, -0.2) is 14.3 Å². The number of amides is 2. The molecule has 19 heavy (non-hydrogen) atoms. The van der Waals surface area contributed by atoms with Gasteiger partial charge in [-0.05, 0) is 0 Å². The van der Waals surface area contributed by atoms with Gasteiger partial charge in [0, 0.05) is 26.7 Å². The highest BCUT2D eigenvalue weighted by Gasteiger charge is 2.34. The molecule has 8 nitrogen and oxygen atoms in total. The van der Waals surface area contributed by atoms with Crippen LogP contribution < -0.4 is 0 Å². The first-order valence-electron chi connectivity index (χ1n) is 5.79. The number of carbonyl (C=O) groups excluding carboxylic acids is 1. The van der Waals surface area contributed by atoms with Gasteiger partial charge < -0.3 is 14.9 Å². The van der Waals surface area contributed by atoms with Crippen molar-refractivity contribution in [3.05, 3.63) is 24.5 Å². The predicted molar refractivity (Wildman–Crippen MR) is 65.8 cm³/mol. The van der Waals surface area contributed by atoms with E-state index in [1.165, 1.54) is 10.9 Å². The molecule has 0 saturated carbocycles. The van der Waals surface area contributed by atoms with E-state index in [4.69, 9.17) is 5.11 Å². The molecule has 8 heteroatoms. The van der Waals surface area contributed by atoms with Gasteiger partial charge in [-0.2, -0.15) is 0 Å². The van der Waals surface area contributed by atoms with Crippen LogP contribution in [0.4, 0.5) is 4.79 Å². The summed E-state index contributed by atoms with van der Waals surface area (Å²) in [6, 6.07) is -0.0867. The summed E-state index contributed by atoms with van der Waals surface area (Å²) in [6.45, 7) is 5.08. The van der Waals surface area contributed by atoms with Gasteiger partial charge in [-0.3, -0.25) is 0 Å². The number of nitrogens with zero attached hydrogens (tertiary/aromatic N) is 5. The van der Waals surface area contributed by atoms with Crippen molar-refractivity contribution in [3.63, 3.8) is 0 Å². The maximum atomic E-state index is 11.9. The number of likely N-dealkylation sites (N-methyl/N-ethyl adjacent to an activating group) is 1. The molecule has 1 aliphatic rings. The summed E-state index contributed by atoms with van der Waals surface area (Å²) in [5.41, 5.74) is -0.0893.